The van der Waals surface area contributed by atoms with Gasteiger partial charge >= 0.3 is 0 Å². The molecule has 0 saturated carbocycles. The van der Waals surface area contributed by atoms with Crippen LogP contribution in [0.1, 0.15) is 36.2 Å². The van der Waals surface area contributed by atoms with Crippen molar-refractivity contribution in [3.05, 3.63) is 41.2 Å². The van der Waals surface area contributed by atoms with Crippen LogP contribution in [0.4, 0.5) is 5.69 Å². The minimum Gasteiger partial charge on any atom is -0.326 e. The number of aryl methyl sites for hydroxylation is 2. The molecule has 33 heavy (non-hydrogen) atoms. The van der Waals surface area contributed by atoms with Crippen LogP contribution in [0.25, 0.3) is 5.78 Å². The number of rotatable bonds is 7. The Hall–Kier alpha value is -2.99. The Bertz CT molecular complexity index is 1350. The maximum Gasteiger partial charge on any atom is 0.262 e. The molecule has 0 bridgehead atoms. The van der Waals surface area contributed by atoms with E-state index in [1.54, 1.807) is 16.6 Å². The fraction of sp³-hybridized carbons (Fsp3) is 0.381. The molecule has 0 unspecified atom stereocenters. The van der Waals surface area contributed by atoms with Crippen molar-refractivity contribution in [2.24, 2.45) is 4.99 Å². The highest BCUT2D eigenvalue weighted by atomic mass is 32.2. The number of carbonyl (C=O) groups excluding carboxylic acids is 1. The second-order valence-corrected chi connectivity index (χ2v) is 10.1. The zero-order chi connectivity index (χ0) is 23.6. The molecule has 0 saturated heterocycles. The van der Waals surface area contributed by atoms with Crippen molar-refractivity contribution in [3.63, 3.8) is 0 Å². The molecule has 3 heterocycles. The normalized spacial score (nSPS) is 13.8. The molecule has 2 N–H and O–H groups in total. The van der Waals surface area contributed by atoms with Gasteiger partial charge in [0.15, 0.2) is 0 Å². The molecule has 0 fully saturated rings. The number of nitrogens with zero attached hydrogens (tertiary/aromatic N) is 5. The predicted octanol–water partition coefficient (Wildman–Crippen LogP) is 2.50. The van der Waals surface area contributed by atoms with Gasteiger partial charge in [0.25, 0.3) is 15.8 Å². The third kappa shape index (κ3) is 5.17. The fourth-order valence-corrected chi connectivity index (χ4v) is 5.15. The van der Waals surface area contributed by atoms with Crippen LogP contribution in [-0.4, -0.2) is 52.5 Å². The monoisotopic (exact) mass is 487 g/mol. The van der Waals surface area contributed by atoms with Crippen molar-refractivity contribution < 1.29 is 13.2 Å². The van der Waals surface area contributed by atoms with Crippen molar-refractivity contribution in [1.29, 1.82) is 0 Å². The van der Waals surface area contributed by atoms with E-state index in [4.69, 9.17) is 0 Å². The molecule has 2 aromatic heterocycles. The zero-order valence-corrected chi connectivity index (χ0v) is 20.3. The Morgan fingerprint density at radius 3 is 2.79 bits per heavy atom. The summed E-state index contributed by atoms with van der Waals surface area (Å²) >= 11 is 1.44. The first-order valence-electron chi connectivity index (χ1n) is 10.5. The summed E-state index contributed by atoms with van der Waals surface area (Å²) in [4.78, 5) is 25.7. The summed E-state index contributed by atoms with van der Waals surface area (Å²) in [5, 5.41) is 7.86. The Morgan fingerprint density at radius 1 is 1.24 bits per heavy atom. The molecule has 1 amide bonds. The Kier molecular flexibility index (Phi) is 6.66. The molecule has 3 aromatic rings. The van der Waals surface area contributed by atoms with Crippen LogP contribution in [0.3, 0.4) is 0 Å². The van der Waals surface area contributed by atoms with E-state index in [1.165, 1.54) is 23.9 Å². The molecule has 4 rings (SSSR count). The Morgan fingerprint density at radius 2 is 2.06 bits per heavy atom. The van der Waals surface area contributed by atoms with Crippen molar-refractivity contribution in [2.75, 3.05) is 18.1 Å². The first-order chi connectivity index (χ1) is 15.8. The third-order valence-electron chi connectivity index (χ3n) is 5.37. The number of hydrogen-bond acceptors (Lipinski definition) is 8. The van der Waals surface area contributed by atoms with Gasteiger partial charge in [-0.1, -0.05) is 17.8 Å². The molecule has 1 aliphatic rings. The lowest BCUT2D eigenvalue weighted by atomic mass is 10.1. The van der Waals surface area contributed by atoms with Gasteiger partial charge in [0.2, 0.25) is 11.1 Å². The summed E-state index contributed by atoms with van der Waals surface area (Å²) in [5.74, 6) is 0.788. The number of aliphatic imine (C=N–C) groups is 1. The molecule has 1 aliphatic heterocycles. The lowest BCUT2D eigenvalue weighted by Gasteiger charge is -2.12. The molecular formula is C21H25N7O3S2. The van der Waals surface area contributed by atoms with Gasteiger partial charge in [-0.25, -0.2) is 17.9 Å². The quantitative estimate of drug-likeness (QED) is 0.490. The second-order valence-electron chi connectivity index (χ2n) is 7.68. The van der Waals surface area contributed by atoms with Crippen LogP contribution in [0.15, 0.2) is 39.3 Å². The van der Waals surface area contributed by atoms with E-state index in [0.717, 1.165) is 23.4 Å². The number of nitrogens with one attached hydrogen (secondary N) is 2. The van der Waals surface area contributed by atoms with Crippen LogP contribution in [0, 0.1) is 13.8 Å². The highest BCUT2D eigenvalue weighted by Crippen LogP contribution is 2.20. The number of carbonyl (C=O) groups is 1. The summed E-state index contributed by atoms with van der Waals surface area (Å²) in [6.07, 6.45) is 4.04. The summed E-state index contributed by atoms with van der Waals surface area (Å²) in [6.45, 7) is 4.46. The van der Waals surface area contributed by atoms with Gasteiger partial charge in [-0.3, -0.25) is 14.5 Å². The molecular weight excluding hydrogens is 462 g/mol. The van der Waals surface area contributed by atoms with Gasteiger partial charge < -0.3 is 5.32 Å². The molecule has 0 spiro atoms. The highest BCUT2D eigenvalue weighted by molar-refractivity contribution is 7.98. The average molecular weight is 488 g/mol. The molecule has 10 nitrogen and oxygen atoms in total. The van der Waals surface area contributed by atoms with E-state index >= 15 is 0 Å². The first kappa shape index (κ1) is 23.2. The number of benzene rings is 1. The number of sulfonamides is 1. The van der Waals surface area contributed by atoms with Gasteiger partial charge in [-0.2, -0.15) is 4.98 Å². The number of thioether (sulfide) groups is 1. The summed E-state index contributed by atoms with van der Waals surface area (Å²) < 4.78 is 29.4. The number of aromatic nitrogens is 4. The predicted molar refractivity (Wildman–Crippen MR) is 127 cm³/mol. The van der Waals surface area contributed by atoms with E-state index in [1.807, 2.05) is 20.1 Å². The Balaban J connectivity index is 1.44. The number of amidine groups is 1. The van der Waals surface area contributed by atoms with Gasteiger partial charge in [0.1, 0.15) is 5.84 Å². The van der Waals surface area contributed by atoms with Crippen LogP contribution >= 0.6 is 11.8 Å². The summed E-state index contributed by atoms with van der Waals surface area (Å²) in [7, 11) is -3.75. The smallest absolute Gasteiger partial charge is 0.262 e. The lowest BCUT2D eigenvalue weighted by molar-refractivity contribution is -0.116. The van der Waals surface area contributed by atoms with Gasteiger partial charge in [0, 0.05) is 36.5 Å². The molecule has 0 radical (unpaired) electrons. The van der Waals surface area contributed by atoms with E-state index in [-0.39, 0.29) is 17.2 Å². The molecule has 0 atom stereocenters. The number of hydrogen-bond donors (Lipinski definition) is 2. The van der Waals surface area contributed by atoms with Crippen molar-refractivity contribution in [1.82, 2.24) is 24.3 Å². The van der Waals surface area contributed by atoms with E-state index < -0.39 is 10.0 Å². The maximum absolute atomic E-state index is 12.6. The number of amides is 1. The average Bonchev–Trinajstić information content (AvgIpc) is 3.43. The minimum atomic E-state index is -3.75. The van der Waals surface area contributed by atoms with Crippen molar-refractivity contribution in [3.8, 4) is 0 Å². The SMILES string of the molecule is CSc1nc2nc(C)c(CCC(=O)Nc3cccc(S(=O)(=O)NC4=NCCC4)c3)c(C)n2n1. The van der Waals surface area contributed by atoms with Crippen molar-refractivity contribution >= 4 is 45.0 Å². The fourth-order valence-electron chi connectivity index (χ4n) is 3.68. The van der Waals surface area contributed by atoms with Crippen LogP contribution in [-0.2, 0) is 21.2 Å². The second kappa shape index (κ2) is 9.48. The van der Waals surface area contributed by atoms with Crippen molar-refractivity contribution in [2.45, 2.75) is 49.6 Å². The van der Waals surface area contributed by atoms with Crippen LogP contribution in [0.2, 0.25) is 0 Å². The van der Waals surface area contributed by atoms with Crippen LogP contribution in [0.5, 0.6) is 0 Å². The van der Waals surface area contributed by atoms with E-state index in [9.17, 15) is 13.2 Å². The van der Waals surface area contributed by atoms with E-state index in [0.29, 0.717) is 41.8 Å². The van der Waals surface area contributed by atoms with Gasteiger partial charge in [-0.05, 0) is 56.7 Å². The summed E-state index contributed by atoms with van der Waals surface area (Å²) in [5.41, 5.74) is 3.06. The molecule has 12 heteroatoms. The van der Waals surface area contributed by atoms with E-state index in [2.05, 4.69) is 30.1 Å². The highest BCUT2D eigenvalue weighted by Gasteiger charge is 2.19. The largest absolute Gasteiger partial charge is 0.326 e. The topological polar surface area (TPSA) is 131 Å². The minimum absolute atomic E-state index is 0.0759. The lowest BCUT2D eigenvalue weighted by Crippen LogP contribution is -2.29. The Labute approximate surface area is 196 Å². The third-order valence-corrected chi connectivity index (χ3v) is 7.29. The van der Waals surface area contributed by atoms with Gasteiger partial charge in [-0.15, -0.1) is 5.10 Å². The molecule has 174 valence electrons. The maximum atomic E-state index is 12.6. The molecule has 1 aromatic carbocycles. The standard InChI is InChI=1S/C21H25N7O3S2/c1-13-17(14(2)28-20(23-13)25-21(26-28)32-3)9-10-19(29)24-15-6-4-7-16(12-15)33(30,31)27-18-8-5-11-22-18/h4,6-7,12H,5,8-11H2,1-3H3,(H,22,27)(H,24,29). The van der Waals surface area contributed by atoms with Gasteiger partial charge in [0.05, 0.1) is 4.90 Å². The molecule has 0 aliphatic carbocycles. The summed E-state index contributed by atoms with van der Waals surface area (Å²) in [6, 6.07) is 6.19. The first-order valence-corrected chi connectivity index (χ1v) is 13.2. The van der Waals surface area contributed by atoms with Crippen LogP contribution < -0.4 is 10.0 Å². The number of anilines is 1. The number of fused-ring (bicyclic) bond motifs is 1. The zero-order valence-electron chi connectivity index (χ0n) is 18.6.